The number of Topliss-reactive ketones (excluding diaryl/α,β-unsaturated/α-hetero) is 1. The SMILES string of the molecule is CC(C)C(=O)CN(CC1CC1)C(=O)OC(C)(C)C. The van der Waals surface area contributed by atoms with E-state index < -0.39 is 5.60 Å². The van der Waals surface area contributed by atoms with Gasteiger partial charge in [0, 0.05) is 12.5 Å². The van der Waals surface area contributed by atoms with Crippen LogP contribution >= 0.6 is 0 Å². The summed E-state index contributed by atoms with van der Waals surface area (Å²) < 4.78 is 5.34. The topological polar surface area (TPSA) is 46.6 Å². The van der Waals surface area contributed by atoms with Crippen molar-refractivity contribution in [2.24, 2.45) is 11.8 Å². The first-order valence-electron chi connectivity index (χ1n) is 6.69. The number of carbonyl (C=O) groups is 2. The second-order valence-corrected chi connectivity index (χ2v) is 6.43. The second-order valence-electron chi connectivity index (χ2n) is 6.43. The summed E-state index contributed by atoms with van der Waals surface area (Å²) in [5.41, 5.74) is -0.514. The molecule has 0 aromatic carbocycles. The number of carbonyl (C=O) groups excluding carboxylic acids is 2. The molecule has 1 saturated carbocycles. The lowest BCUT2D eigenvalue weighted by Crippen LogP contribution is -2.41. The summed E-state index contributed by atoms with van der Waals surface area (Å²) in [7, 11) is 0. The smallest absolute Gasteiger partial charge is 0.410 e. The lowest BCUT2D eigenvalue weighted by Gasteiger charge is -2.27. The van der Waals surface area contributed by atoms with E-state index in [1.54, 1.807) is 4.90 Å². The van der Waals surface area contributed by atoms with Crippen LogP contribution in [0.4, 0.5) is 4.79 Å². The zero-order valence-corrected chi connectivity index (χ0v) is 12.2. The van der Waals surface area contributed by atoms with E-state index in [1.807, 2.05) is 34.6 Å². The summed E-state index contributed by atoms with van der Waals surface area (Å²) in [4.78, 5) is 25.4. The summed E-state index contributed by atoms with van der Waals surface area (Å²) in [5, 5.41) is 0. The molecular formula is C14H25NO3. The van der Waals surface area contributed by atoms with E-state index in [0.717, 1.165) is 12.8 Å². The number of rotatable bonds is 5. The first-order chi connectivity index (χ1) is 8.19. The lowest BCUT2D eigenvalue weighted by atomic mass is 10.1. The molecule has 4 nitrogen and oxygen atoms in total. The maximum Gasteiger partial charge on any atom is 0.410 e. The molecule has 1 aliphatic rings. The Balaban J connectivity index is 2.58. The molecule has 104 valence electrons. The third-order valence-corrected chi connectivity index (χ3v) is 2.82. The third-order valence-electron chi connectivity index (χ3n) is 2.82. The van der Waals surface area contributed by atoms with Crippen LogP contribution in [0.25, 0.3) is 0 Å². The van der Waals surface area contributed by atoms with Crippen LogP contribution in [0, 0.1) is 11.8 Å². The molecule has 4 heteroatoms. The van der Waals surface area contributed by atoms with E-state index >= 15 is 0 Å². The second kappa shape index (κ2) is 5.72. The molecule has 18 heavy (non-hydrogen) atoms. The van der Waals surface area contributed by atoms with Gasteiger partial charge in [-0.05, 0) is 39.5 Å². The Morgan fingerprint density at radius 3 is 2.22 bits per heavy atom. The highest BCUT2D eigenvalue weighted by atomic mass is 16.6. The van der Waals surface area contributed by atoms with Crippen LogP contribution in [0.1, 0.15) is 47.5 Å². The number of ketones is 1. The summed E-state index contributed by atoms with van der Waals surface area (Å²) >= 11 is 0. The number of ether oxygens (including phenoxy) is 1. The highest BCUT2D eigenvalue weighted by molar-refractivity contribution is 5.85. The van der Waals surface area contributed by atoms with E-state index in [1.165, 1.54) is 0 Å². The fraction of sp³-hybridized carbons (Fsp3) is 0.857. The Labute approximate surface area is 110 Å². The number of hydrogen-bond acceptors (Lipinski definition) is 3. The van der Waals surface area contributed by atoms with Gasteiger partial charge >= 0.3 is 6.09 Å². The van der Waals surface area contributed by atoms with Gasteiger partial charge in [0.2, 0.25) is 0 Å². The fourth-order valence-electron chi connectivity index (χ4n) is 1.51. The van der Waals surface area contributed by atoms with Crippen LogP contribution in [0.15, 0.2) is 0 Å². The first kappa shape index (κ1) is 15.0. The van der Waals surface area contributed by atoms with Crippen molar-refractivity contribution in [2.45, 2.75) is 53.1 Å². The molecule has 0 aliphatic heterocycles. The van der Waals surface area contributed by atoms with Crippen LogP contribution in [-0.4, -0.2) is 35.5 Å². The van der Waals surface area contributed by atoms with Gasteiger partial charge in [0.1, 0.15) is 5.60 Å². The molecule has 0 saturated heterocycles. The first-order valence-corrected chi connectivity index (χ1v) is 6.69. The molecule has 0 spiro atoms. The third kappa shape index (κ3) is 5.52. The minimum atomic E-state index is -0.514. The minimum Gasteiger partial charge on any atom is -0.444 e. The predicted octanol–water partition coefficient (Wildman–Crippen LogP) is 2.86. The molecule has 0 bridgehead atoms. The molecule has 0 radical (unpaired) electrons. The van der Waals surface area contributed by atoms with Crippen LogP contribution < -0.4 is 0 Å². The van der Waals surface area contributed by atoms with Gasteiger partial charge < -0.3 is 9.64 Å². The van der Waals surface area contributed by atoms with E-state index in [2.05, 4.69) is 0 Å². The molecule has 0 atom stereocenters. The summed E-state index contributed by atoms with van der Waals surface area (Å²) in [6.07, 6.45) is 1.92. The van der Waals surface area contributed by atoms with Gasteiger partial charge in [0.25, 0.3) is 0 Å². The largest absolute Gasteiger partial charge is 0.444 e. The number of nitrogens with zero attached hydrogens (tertiary/aromatic N) is 1. The standard InChI is InChI=1S/C14H25NO3/c1-10(2)12(16)9-15(8-11-6-7-11)13(17)18-14(3,4)5/h10-11H,6-9H2,1-5H3. The van der Waals surface area contributed by atoms with Crippen molar-refractivity contribution in [2.75, 3.05) is 13.1 Å². The summed E-state index contributed by atoms with van der Waals surface area (Å²) in [6.45, 7) is 10.0. The van der Waals surface area contributed by atoms with Gasteiger partial charge in [-0.1, -0.05) is 13.8 Å². The Morgan fingerprint density at radius 1 is 1.28 bits per heavy atom. The van der Waals surface area contributed by atoms with Crippen molar-refractivity contribution < 1.29 is 14.3 Å². The average Bonchev–Trinajstić information content (AvgIpc) is 2.97. The molecule has 0 unspecified atom stereocenters. The zero-order chi connectivity index (χ0) is 13.9. The lowest BCUT2D eigenvalue weighted by molar-refractivity contribution is -0.123. The van der Waals surface area contributed by atoms with Crippen molar-refractivity contribution in [1.29, 1.82) is 0 Å². The Hall–Kier alpha value is -1.06. The van der Waals surface area contributed by atoms with E-state index in [-0.39, 0.29) is 24.3 Å². The number of amides is 1. The number of hydrogen-bond donors (Lipinski definition) is 0. The van der Waals surface area contributed by atoms with Crippen molar-refractivity contribution in [3.8, 4) is 0 Å². The van der Waals surface area contributed by atoms with Crippen LogP contribution in [0.2, 0.25) is 0 Å². The molecule has 0 aromatic heterocycles. The molecule has 1 amide bonds. The highest BCUT2D eigenvalue weighted by Crippen LogP contribution is 2.30. The molecule has 1 aliphatic carbocycles. The van der Waals surface area contributed by atoms with Gasteiger partial charge in [-0.3, -0.25) is 4.79 Å². The minimum absolute atomic E-state index is 0.0471. The quantitative estimate of drug-likeness (QED) is 0.759. The van der Waals surface area contributed by atoms with Gasteiger partial charge in [-0.2, -0.15) is 0 Å². The fourth-order valence-corrected chi connectivity index (χ4v) is 1.51. The molecule has 0 aromatic rings. The van der Waals surface area contributed by atoms with Crippen molar-refractivity contribution in [3.63, 3.8) is 0 Å². The van der Waals surface area contributed by atoms with E-state index in [0.29, 0.717) is 12.5 Å². The maximum absolute atomic E-state index is 12.0. The summed E-state index contributed by atoms with van der Waals surface area (Å²) in [6, 6.07) is 0. The van der Waals surface area contributed by atoms with Gasteiger partial charge in [0.15, 0.2) is 5.78 Å². The van der Waals surface area contributed by atoms with Crippen LogP contribution in [0.5, 0.6) is 0 Å². The van der Waals surface area contributed by atoms with Crippen molar-refractivity contribution in [1.82, 2.24) is 4.90 Å². The van der Waals surface area contributed by atoms with Crippen LogP contribution in [0.3, 0.4) is 0 Å². The van der Waals surface area contributed by atoms with Crippen molar-refractivity contribution >= 4 is 11.9 Å². The highest BCUT2D eigenvalue weighted by Gasteiger charge is 2.30. The monoisotopic (exact) mass is 255 g/mol. The Morgan fingerprint density at radius 2 is 1.83 bits per heavy atom. The molecular weight excluding hydrogens is 230 g/mol. The van der Waals surface area contributed by atoms with Gasteiger partial charge in [0.05, 0.1) is 6.54 Å². The van der Waals surface area contributed by atoms with Gasteiger partial charge in [-0.25, -0.2) is 4.79 Å². The molecule has 1 rings (SSSR count). The Bertz CT molecular complexity index is 313. The van der Waals surface area contributed by atoms with Crippen LogP contribution in [-0.2, 0) is 9.53 Å². The molecule has 1 fully saturated rings. The average molecular weight is 255 g/mol. The predicted molar refractivity (Wildman–Crippen MR) is 70.4 cm³/mol. The summed E-state index contributed by atoms with van der Waals surface area (Å²) in [5.74, 6) is 0.591. The van der Waals surface area contributed by atoms with E-state index in [9.17, 15) is 9.59 Å². The van der Waals surface area contributed by atoms with E-state index in [4.69, 9.17) is 4.74 Å². The maximum atomic E-state index is 12.0. The molecule has 0 heterocycles. The Kier molecular flexibility index (Phi) is 4.77. The van der Waals surface area contributed by atoms with Gasteiger partial charge in [-0.15, -0.1) is 0 Å². The molecule has 0 N–H and O–H groups in total. The zero-order valence-electron chi connectivity index (χ0n) is 12.2. The van der Waals surface area contributed by atoms with Crippen molar-refractivity contribution in [3.05, 3.63) is 0 Å². The normalized spacial score (nSPS) is 15.7.